The zero-order valence-electron chi connectivity index (χ0n) is 70.7. The third-order valence-electron chi connectivity index (χ3n) is 16.9. The standard InChI is InChI=1S/C9H12ClNO2.C9H12O.C8H10ClNO2.C8H10ClNO.C8H9F.C8H15NO2.C7H8ClN.C7H7ClO.C7H10N2O2.C7H14N2O.C7H10N2/c1-7-5-8(10)9(12)11(6-7)3-4-13-2;1-7-4-5-9(10-3)8(2)6-7;1-6-4-7(9)8(12)10(5-6)2-3-11;1-3-10-5-6(2)4-7(9)8(10)11;1-6-3-4-8(9)7(2)5-6;1-7-3-5-9(6-4-7)8(10)11-2;1-5-3-7(8)4-9-6(5)2;1-5-2-3-7(9)6(8)4-5;1-5-4-8(2)7(11)9(3)6(5)10;1-6-4-8(2)7(10)9(3)5-6;1-5-4-6(2)9-7(3)8-5/h5-6H,3-4H2,1-2H3;4-6H,1-3H3;4-5,11H,2-3H2,1H3;4-5H,3H2,1-2H3;3-5H,1-2H3;7H,3-6H2,1-2H3;3-4H,1-2H3;2,4H,3H2,1H3;4H,1-3H3;6H,4-5H2,1-3H3;4H,1-3H3. The van der Waals surface area contributed by atoms with Gasteiger partial charge < -0.3 is 52.3 Å². The number of aromatic nitrogens is 8. The number of ether oxygens (including phenoxy) is 3. The number of methoxy groups -OCH3 is 3. The number of carbonyl (C=O) groups is 3. The maximum absolute atomic E-state index is 12.5. The number of hydrogen-bond donors (Lipinski definition) is 1. The molecule has 1 aliphatic carbocycles. The lowest BCUT2D eigenvalue weighted by atomic mass is 10.00. The number of Topliss-reactive ketones (excluding diaryl/α,β-unsaturated/α-hetero) is 1. The molecule has 8 heterocycles. The molecule has 0 unspecified atom stereocenters. The highest BCUT2D eigenvalue weighted by Gasteiger charge is 2.24. The first-order chi connectivity index (χ1) is 53.3. The van der Waals surface area contributed by atoms with Crippen molar-refractivity contribution in [2.45, 2.75) is 157 Å². The average molecular weight is 1680 g/mol. The quantitative estimate of drug-likeness (QED) is 0.156. The van der Waals surface area contributed by atoms with Crippen molar-refractivity contribution < 1.29 is 38.1 Å². The van der Waals surface area contributed by atoms with Gasteiger partial charge in [-0.05, 0) is 210 Å². The van der Waals surface area contributed by atoms with Gasteiger partial charge in [-0.2, -0.15) is 0 Å². The molecule has 2 fully saturated rings. The molecule has 0 spiro atoms. The maximum atomic E-state index is 12.5. The van der Waals surface area contributed by atoms with E-state index in [0.29, 0.717) is 59.2 Å². The van der Waals surface area contributed by atoms with Gasteiger partial charge in [-0.1, -0.05) is 119 Å². The number of carbonyl (C=O) groups excluding carboxylic acids is 3. The number of allylic oxidation sites excluding steroid dienone is 4. The van der Waals surface area contributed by atoms with Crippen LogP contribution in [0.1, 0.15) is 120 Å². The summed E-state index contributed by atoms with van der Waals surface area (Å²) in [5.74, 6) is 3.07. The first-order valence-corrected chi connectivity index (χ1v) is 38.7. The minimum atomic E-state index is -0.291. The van der Waals surface area contributed by atoms with Crippen molar-refractivity contribution in [1.82, 2.24) is 52.5 Å². The molecule has 626 valence electrons. The first-order valence-electron chi connectivity index (χ1n) is 36.9. The van der Waals surface area contributed by atoms with Gasteiger partial charge in [0, 0.05) is 141 Å². The van der Waals surface area contributed by atoms with Crippen molar-refractivity contribution in [3.8, 4) is 5.75 Å². The van der Waals surface area contributed by atoms with Gasteiger partial charge in [0.15, 0.2) is 5.78 Å². The minimum absolute atomic E-state index is 0.0160. The van der Waals surface area contributed by atoms with Crippen LogP contribution in [0.5, 0.6) is 5.75 Å². The molecule has 114 heavy (non-hydrogen) atoms. The average Bonchev–Trinajstić information content (AvgIpc) is 0.854. The molecule has 0 atom stereocenters. The van der Waals surface area contributed by atoms with Crippen molar-refractivity contribution >= 4 is 75.9 Å². The van der Waals surface area contributed by atoms with E-state index in [2.05, 4.69) is 46.5 Å². The zero-order chi connectivity index (χ0) is 87.0. The van der Waals surface area contributed by atoms with E-state index in [4.69, 9.17) is 72.6 Å². The fourth-order valence-corrected chi connectivity index (χ4v) is 12.2. The Morgan fingerprint density at radius 2 is 1.05 bits per heavy atom. The summed E-state index contributed by atoms with van der Waals surface area (Å²) >= 11 is 28.2. The summed E-state index contributed by atoms with van der Waals surface area (Å²) in [5.41, 5.74) is 12.1. The van der Waals surface area contributed by atoms with E-state index in [1.165, 1.54) is 46.7 Å². The minimum Gasteiger partial charge on any atom is -0.496 e. The second-order valence-corrected chi connectivity index (χ2v) is 29.9. The van der Waals surface area contributed by atoms with Gasteiger partial charge in [0.05, 0.1) is 37.5 Å². The van der Waals surface area contributed by atoms with Crippen molar-refractivity contribution in [1.29, 1.82) is 0 Å². The monoisotopic (exact) mass is 1680 g/mol. The lowest BCUT2D eigenvalue weighted by molar-refractivity contribution is -0.114. The molecule has 3 aliphatic rings. The van der Waals surface area contributed by atoms with Crippen LogP contribution in [-0.4, -0.2) is 150 Å². The van der Waals surface area contributed by atoms with Crippen LogP contribution in [0.15, 0.2) is 144 Å². The number of piperidine rings is 1. The van der Waals surface area contributed by atoms with Crippen LogP contribution in [0, 0.1) is 108 Å². The molecule has 11 rings (SSSR count). The van der Waals surface area contributed by atoms with Crippen LogP contribution in [0.25, 0.3) is 0 Å². The van der Waals surface area contributed by atoms with E-state index in [1.807, 2.05) is 134 Å². The van der Waals surface area contributed by atoms with Gasteiger partial charge in [0.2, 0.25) is 0 Å². The van der Waals surface area contributed by atoms with Crippen molar-refractivity contribution in [2.75, 3.05) is 74.8 Å². The Balaban J connectivity index is 0.000000628. The summed E-state index contributed by atoms with van der Waals surface area (Å²) in [6.07, 6.45) is 14.5. The number of likely N-dealkylation sites (tertiary alicyclic amines) is 1. The van der Waals surface area contributed by atoms with Crippen molar-refractivity contribution in [2.24, 2.45) is 25.9 Å². The molecule has 0 bridgehead atoms. The third kappa shape index (κ3) is 38.9. The summed E-state index contributed by atoms with van der Waals surface area (Å²) in [7, 11) is 11.5. The van der Waals surface area contributed by atoms with Crippen molar-refractivity contribution in [3.63, 3.8) is 0 Å². The highest BCUT2D eigenvalue weighted by molar-refractivity contribution is 6.43. The van der Waals surface area contributed by atoms with Gasteiger partial charge in [-0.3, -0.25) is 33.5 Å². The fraction of sp³-hybridized carbons (Fsp3) is 0.447. The lowest BCUT2D eigenvalue weighted by Gasteiger charge is -2.34. The van der Waals surface area contributed by atoms with Gasteiger partial charge >= 0.3 is 17.8 Å². The number of rotatable bonds is 7. The van der Waals surface area contributed by atoms with E-state index in [0.717, 1.165) is 117 Å². The summed E-state index contributed by atoms with van der Waals surface area (Å²) in [4.78, 5) is 106. The Morgan fingerprint density at radius 1 is 0.570 bits per heavy atom. The number of benzene rings is 2. The van der Waals surface area contributed by atoms with Crippen molar-refractivity contribution in [3.05, 3.63) is 271 Å². The van der Waals surface area contributed by atoms with Crippen LogP contribution in [0.3, 0.4) is 0 Å². The van der Waals surface area contributed by atoms with E-state index in [1.54, 1.807) is 114 Å². The highest BCUT2D eigenvalue weighted by Crippen LogP contribution is 2.20. The van der Waals surface area contributed by atoms with Crippen LogP contribution in [0.2, 0.25) is 20.1 Å². The molecule has 0 saturated carbocycles. The number of amides is 3. The molecular weight excluding hydrogens is 1560 g/mol. The largest absolute Gasteiger partial charge is 0.496 e. The highest BCUT2D eigenvalue weighted by atomic mass is 35.5. The summed E-state index contributed by atoms with van der Waals surface area (Å²) in [5, 5.41) is 10.4. The zero-order valence-corrected chi connectivity index (χ0v) is 74.4. The first kappa shape index (κ1) is 103. The smallest absolute Gasteiger partial charge is 0.409 e. The Bertz CT molecular complexity index is 4650. The number of urea groups is 1. The SMILES string of the molecule is CC1=CCC(=O)C(Cl)=C1.CC1CN(C)C(=O)N(C)C1.CCn1cc(C)cc(Cl)c1=O.COC(=O)N1CCC(C)CC1.COCCn1cc(C)cc(Cl)c1=O.COc1ccc(C)cc1C.Cc1cc(C)nc(C)n1.Cc1cc(Cl)c(=O)n(CCO)c1.Cc1cc(Cl)cnc1C.Cc1ccc(F)c(C)c1.Cc1cn(C)c(=O)n(C)c1=O. The number of nitrogens with zero attached hydrogens (tertiary/aromatic N) is 11. The predicted octanol–water partition coefficient (Wildman–Crippen LogP) is 16.1. The number of hydrogen-bond acceptors (Lipinski definition) is 15. The molecule has 23 nitrogen and oxygen atoms in total. The van der Waals surface area contributed by atoms with E-state index in [9.17, 15) is 42.7 Å². The van der Waals surface area contributed by atoms with Gasteiger partial charge in [-0.15, -0.1) is 0 Å². The number of halogens is 6. The topological polar surface area (TPSA) is 258 Å². The van der Waals surface area contributed by atoms with Crippen LogP contribution in [0.4, 0.5) is 14.0 Å². The molecule has 2 aliphatic heterocycles. The molecule has 6 aromatic heterocycles. The number of ketones is 1. The predicted molar refractivity (Wildman–Crippen MR) is 460 cm³/mol. The summed E-state index contributed by atoms with van der Waals surface area (Å²) in [6, 6.07) is 20.2. The normalized spacial score (nSPS) is 12.7. The number of pyridine rings is 4. The van der Waals surface area contributed by atoms with Crippen LogP contribution < -0.4 is 32.7 Å². The van der Waals surface area contributed by atoms with Gasteiger partial charge in [0.1, 0.15) is 32.5 Å². The Hall–Kier alpha value is -9.01. The molecule has 1 N–H and O–H groups in total. The molecule has 2 aromatic carbocycles. The Labute approximate surface area is 696 Å². The molecule has 3 amide bonds. The molecular formula is C85H117Cl5FN11O12. The Kier molecular flexibility index (Phi) is 48.1. The second kappa shape index (κ2) is 53.2. The third-order valence-corrected chi connectivity index (χ3v) is 18.2. The van der Waals surface area contributed by atoms with E-state index >= 15 is 0 Å². The number of aryl methyl sites for hydroxylation is 15. The van der Waals surface area contributed by atoms with E-state index < -0.39 is 0 Å². The molecule has 0 radical (unpaired) electrons. The van der Waals surface area contributed by atoms with E-state index in [-0.39, 0.29) is 68.3 Å². The molecule has 29 heteroatoms. The number of aliphatic hydroxyl groups is 1. The summed E-state index contributed by atoms with van der Waals surface area (Å²) < 4.78 is 34.1. The second-order valence-electron chi connectivity index (χ2n) is 27.8. The summed E-state index contributed by atoms with van der Waals surface area (Å²) in [6.45, 7) is 38.6. The van der Waals surface area contributed by atoms with Crippen LogP contribution in [-0.2, 0) is 48.0 Å². The Morgan fingerprint density at radius 3 is 1.46 bits per heavy atom. The number of aliphatic hydroxyl groups excluding tert-OH is 1. The van der Waals surface area contributed by atoms with Crippen LogP contribution >= 0.6 is 58.0 Å². The van der Waals surface area contributed by atoms with Gasteiger partial charge in [-0.25, -0.2) is 28.7 Å². The molecule has 8 aromatic rings. The lowest BCUT2D eigenvalue weighted by Crippen LogP contribution is -2.49. The van der Waals surface area contributed by atoms with Gasteiger partial charge in [0.25, 0.3) is 22.2 Å². The molecule has 2 saturated heterocycles. The fourth-order valence-electron chi connectivity index (χ4n) is 10.9. The maximum Gasteiger partial charge on any atom is 0.409 e.